The third-order valence-electron chi connectivity index (χ3n) is 5.65. The number of rotatable bonds is 5. The second-order valence-electron chi connectivity index (χ2n) is 8.28. The molecule has 0 saturated heterocycles. The Morgan fingerprint density at radius 1 is 1.09 bits per heavy atom. The van der Waals surface area contributed by atoms with E-state index in [1.807, 2.05) is 19.9 Å². The van der Waals surface area contributed by atoms with Crippen LogP contribution in [0.1, 0.15) is 29.9 Å². The molecule has 0 atom stereocenters. The number of thiophene rings is 1. The van der Waals surface area contributed by atoms with Crippen LogP contribution in [-0.2, 0) is 24.3 Å². The summed E-state index contributed by atoms with van der Waals surface area (Å²) >= 11 is 3.43. The van der Waals surface area contributed by atoms with E-state index in [1.165, 1.54) is 20.7 Å². The maximum absolute atomic E-state index is 12.6. The summed E-state index contributed by atoms with van der Waals surface area (Å²) in [5.41, 5.74) is 4.84. The van der Waals surface area contributed by atoms with E-state index in [0.29, 0.717) is 0 Å². The summed E-state index contributed by atoms with van der Waals surface area (Å²) in [6, 6.07) is 18.9. The molecule has 5 rings (SSSR count). The number of benzene rings is 2. The number of aromatic nitrogens is 1. The maximum Gasteiger partial charge on any atom is 0.227 e. The Bertz CT molecular complexity index is 1200. The van der Waals surface area contributed by atoms with E-state index in [0.717, 1.165) is 47.1 Å². The first-order valence-corrected chi connectivity index (χ1v) is 12.3. The Balaban J connectivity index is 0.00000245. The van der Waals surface area contributed by atoms with Gasteiger partial charge in [-0.25, -0.2) is 4.98 Å². The van der Waals surface area contributed by atoms with Crippen LogP contribution in [0.2, 0.25) is 0 Å². The lowest BCUT2D eigenvalue weighted by Gasteiger charge is -2.27. The summed E-state index contributed by atoms with van der Waals surface area (Å²) < 4.78 is 1.18. The Hall–Kier alpha value is -2.25. The van der Waals surface area contributed by atoms with Crippen molar-refractivity contribution in [3.8, 4) is 10.6 Å². The normalized spacial score (nSPS) is 13.7. The Morgan fingerprint density at radius 2 is 1.84 bits per heavy atom. The summed E-state index contributed by atoms with van der Waals surface area (Å²) in [7, 11) is 0. The summed E-state index contributed by atoms with van der Waals surface area (Å²) in [6.07, 6.45) is 0.974. The molecule has 1 aliphatic rings. The number of para-hydroxylation sites is 1. The van der Waals surface area contributed by atoms with Gasteiger partial charge in [-0.15, -0.1) is 35.1 Å². The van der Waals surface area contributed by atoms with Crippen LogP contribution in [0.15, 0.2) is 54.6 Å². The van der Waals surface area contributed by atoms with Crippen LogP contribution >= 0.6 is 35.1 Å². The predicted molar refractivity (Wildman–Crippen MR) is 138 cm³/mol. The molecular formula is C25H26ClN3OS2. The molecule has 4 nitrogen and oxygen atoms in total. The molecule has 32 heavy (non-hydrogen) atoms. The largest absolute Gasteiger partial charge is 0.317 e. The van der Waals surface area contributed by atoms with Gasteiger partial charge in [0.1, 0.15) is 10.0 Å². The van der Waals surface area contributed by atoms with Crippen molar-refractivity contribution in [2.24, 2.45) is 5.92 Å². The smallest absolute Gasteiger partial charge is 0.227 e. The zero-order valence-corrected chi connectivity index (χ0v) is 20.6. The van der Waals surface area contributed by atoms with E-state index in [9.17, 15) is 4.79 Å². The lowest BCUT2D eigenvalue weighted by Crippen LogP contribution is -2.29. The highest BCUT2D eigenvalue weighted by Gasteiger charge is 2.28. The van der Waals surface area contributed by atoms with Crippen LogP contribution in [0.25, 0.3) is 20.8 Å². The van der Waals surface area contributed by atoms with Crippen molar-refractivity contribution < 1.29 is 4.79 Å². The molecule has 0 saturated carbocycles. The molecular weight excluding hydrogens is 458 g/mol. The van der Waals surface area contributed by atoms with Gasteiger partial charge in [-0.2, -0.15) is 0 Å². The summed E-state index contributed by atoms with van der Waals surface area (Å²) in [5, 5.41) is 5.16. The molecule has 0 aliphatic carbocycles. The molecule has 3 heterocycles. The van der Waals surface area contributed by atoms with E-state index >= 15 is 0 Å². The molecule has 1 amide bonds. The molecule has 7 heteroatoms. The molecule has 0 spiro atoms. The van der Waals surface area contributed by atoms with Crippen molar-refractivity contribution in [3.63, 3.8) is 0 Å². The highest BCUT2D eigenvalue weighted by atomic mass is 35.5. The molecule has 4 aromatic rings. The first-order valence-electron chi connectivity index (χ1n) is 10.7. The number of nitrogens with one attached hydrogen (secondary N) is 1. The Kier molecular flexibility index (Phi) is 6.96. The first kappa shape index (κ1) is 22.9. The van der Waals surface area contributed by atoms with Crippen LogP contribution in [-0.4, -0.2) is 22.3 Å². The molecule has 1 N–H and O–H groups in total. The van der Waals surface area contributed by atoms with E-state index in [2.05, 4.69) is 58.7 Å². The second-order valence-corrected chi connectivity index (χ2v) is 10.4. The van der Waals surface area contributed by atoms with Gasteiger partial charge in [-0.05, 0) is 29.7 Å². The minimum Gasteiger partial charge on any atom is -0.317 e. The zero-order chi connectivity index (χ0) is 21.4. The monoisotopic (exact) mass is 483 g/mol. The van der Waals surface area contributed by atoms with Crippen LogP contribution in [0.3, 0.4) is 0 Å². The second kappa shape index (κ2) is 9.71. The number of amides is 1. The first-order chi connectivity index (χ1) is 15.1. The van der Waals surface area contributed by atoms with E-state index in [4.69, 9.17) is 4.98 Å². The highest BCUT2D eigenvalue weighted by Crippen LogP contribution is 2.45. The Labute approximate surface area is 202 Å². The summed E-state index contributed by atoms with van der Waals surface area (Å²) in [6.45, 7) is 6.73. The highest BCUT2D eigenvalue weighted by molar-refractivity contribution is 7.22. The number of anilines is 1. The third-order valence-corrected chi connectivity index (χ3v) is 7.84. The average molecular weight is 484 g/mol. The fraction of sp³-hybridized carbons (Fsp3) is 0.280. The number of hydrogen-bond acceptors (Lipinski definition) is 5. The molecule has 0 bridgehead atoms. The number of carbonyl (C=O) groups excluding carboxylic acids is 1. The fourth-order valence-electron chi connectivity index (χ4n) is 3.98. The summed E-state index contributed by atoms with van der Waals surface area (Å²) in [4.78, 5) is 21.3. The van der Waals surface area contributed by atoms with Crippen molar-refractivity contribution in [3.05, 3.63) is 70.6 Å². The van der Waals surface area contributed by atoms with Gasteiger partial charge in [-0.3, -0.25) is 9.69 Å². The molecule has 0 unspecified atom stereocenters. The van der Waals surface area contributed by atoms with Gasteiger partial charge in [-0.1, -0.05) is 56.3 Å². The van der Waals surface area contributed by atoms with Gasteiger partial charge in [0.25, 0.3) is 0 Å². The minimum absolute atomic E-state index is 0. The lowest BCUT2D eigenvalue weighted by molar-refractivity contribution is -0.118. The van der Waals surface area contributed by atoms with E-state index < -0.39 is 0 Å². The average Bonchev–Trinajstić information content (AvgIpc) is 3.34. The van der Waals surface area contributed by atoms with Crippen molar-refractivity contribution in [1.29, 1.82) is 0 Å². The number of fused-ring (bicyclic) bond motifs is 2. The van der Waals surface area contributed by atoms with Crippen molar-refractivity contribution in [2.75, 3.05) is 11.9 Å². The third kappa shape index (κ3) is 4.59. The van der Waals surface area contributed by atoms with E-state index in [1.54, 1.807) is 22.7 Å². The Morgan fingerprint density at radius 3 is 2.59 bits per heavy atom. The van der Waals surface area contributed by atoms with Crippen molar-refractivity contribution in [2.45, 2.75) is 33.4 Å². The maximum atomic E-state index is 12.6. The molecule has 2 aromatic heterocycles. The van der Waals surface area contributed by atoms with Gasteiger partial charge in [0.15, 0.2) is 0 Å². The van der Waals surface area contributed by atoms with Crippen molar-refractivity contribution in [1.82, 2.24) is 9.88 Å². The van der Waals surface area contributed by atoms with E-state index in [-0.39, 0.29) is 24.2 Å². The SMILES string of the molecule is CC(C)C(=O)Nc1sc2c(c1-c1nc3ccccc3s1)CCN(Cc1ccccc1)C2.Cl. The molecule has 1 aliphatic heterocycles. The number of nitrogens with zero attached hydrogens (tertiary/aromatic N) is 2. The predicted octanol–water partition coefficient (Wildman–Crippen LogP) is 6.60. The number of hydrogen-bond donors (Lipinski definition) is 1. The van der Waals surface area contributed by atoms with Gasteiger partial charge >= 0.3 is 0 Å². The van der Waals surface area contributed by atoms with Crippen LogP contribution in [0.5, 0.6) is 0 Å². The van der Waals surface area contributed by atoms with Gasteiger partial charge in [0, 0.05) is 36.0 Å². The van der Waals surface area contributed by atoms with Crippen LogP contribution in [0, 0.1) is 5.92 Å². The fourth-order valence-corrected chi connectivity index (χ4v) is 6.39. The lowest BCUT2D eigenvalue weighted by atomic mass is 10.0. The molecule has 166 valence electrons. The van der Waals surface area contributed by atoms with Crippen molar-refractivity contribution >= 4 is 56.2 Å². The quantitative estimate of drug-likeness (QED) is 0.348. The number of thiazole rings is 1. The van der Waals surface area contributed by atoms with Gasteiger partial charge in [0.2, 0.25) is 5.91 Å². The summed E-state index contributed by atoms with van der Waals surface area (Å²) in [5.74, 6) is -0.000904. The standard InChI is InChI=1S/C25H25N3OS2.ClH/c1-16(2)23(29)27-25-22(24-26-19-10-6-7-11-20(19)30-24)18-12-13-28(15-21(18)31-25)14-17-8-4-3-5-9-17;/h3-11,16H,12-15H2,1-2H3,(H,27,29);1H. The molecule has 0 radical (unpaired) electrons. The number of halogens is 1. The van der Waals surface area contributed by atoms with Gasteiger partial charge < -0.3 is 5.32 Å². The van der Waals surface area contributed by atoms with Crippen LogP contribution in [0.4, 0.5) is 5.00 Å². The molecule has 0 fully saturated rings. The zero-order valence-electron chi connectivity index (χ0n) is 18.1. The van der Waals surface area contributed by atoms with Gasteiger partial charge in [0.05, 0.1) is 10.2 Å². The van der Waals surface area contributed by atoms with Crippen LogP contribution < -0.4 is 5.32 Å². The topological polar surface area (TPSA) is 45.2 Å². The minimum atomic E-state index is -0.0584. The molecule has 2 aromatic carbocycles. The number of carbonyl (C=O) groups is 1.